The van der Waals surface area contributed by atoms with Crippen molar-refractivity contribution >= 4 is 29.5 Å². The van der Waals surface area contributed by atoms with Gasteiger partial charge in [-0.25, -0.2) is 4.98 Å². The molecule has 0 aliphatic carbocycles. The van der Waals surface area contributed by atoms with Crippen LogP contribution >= 0.6 is 11.8 Å². The maximum atomic E-state index is 11.1. The van der Waals surface area contributed by atoms with E-state index in [1.54, 1.807) is 6.20 Å². The SMILES string of the molecule is O=C(O)CSc1cnc2c(c1)CCC(=O)N2. The van der Waals surface area contributed by atoms with Crippen LogP contribution in [0, 0.1) is 0 Å². The van der Waals surface area contributed by atoms with Crippen molar-refractivity contribution in [3.8, 4) is 0 Å². The summed E-state index contributed by atoms with van der Waals surface area (Å²) in [5, 5.41) is 11.2. The standard InChI is InChI=1S/C10H10N2O3S/c13-8-2-1-6-3-7(16-5-9(14)15)4-11-10(6)12-8/h3-4H,1-2,5H2,(H,14,15)(H,11,12,13). The zero-order chi connectivity index (χ0) is 11.5. The number of carboxylic acid groups (broad SMARTS) is 1. The number of aliphatic carboxylic acids is 1. The van der Waals surface area contributed by atoms with Crippen molar-refractivity contribution in [2.45, 2.75) is 17.7 Å². The summed E-state index contributed by atoms with van der Waals surface area (Å²) in [6.45, 7) is 0. The smallest absolute Gasteiger partial charge is 0.313 e. The number of carboxylic acids is 1. The third kappa shape index (κ3) is 2.52. The summed E-state index contributed by atoms with van der Waals surface area (Å²) in [5.74, 6) is -0.259. The number of hydrogen-bond donors (Lipinski definition) is 2. The first-order valence-corrected chi connectivity index (χ1v) is 5.77. The molecule has 0 unspecified atom stereocenters. The Morgan fingerprint density at radius 3 is 3.12 bits per heavy atom. The van der Waals surface area contributed by atoms with Crippen molar-refractivity contribution in [3.63, 3.8) is 0 Å². The molecule has 2 heterocycles. The maximum absolute atomic E-state index is 11.1. The van der Waals surface area contributed by atoms with Crippen molar-refractivity contribution in [2.24, 2.45) is 0 Å². The number of carbonyl (C=O) groups is 2. The predicted octanol–water partition coefficient (Wildman–Crippen LogP) is 1.14. The number of amides is 1. The van der Waals surface area contributed by atoms with Gasteiger partial charge < -0.3 is 10.4 Å². The molecule has 0 radical (unpaired) electrons. The van der Waals surface area contributed by atoms with Crippen LogP contribution in [0.2, 0.25) is 0 Å². The average molecular weight is 238 g/mol. The number of hydrogen-bond acceptors (Lipinski definition) is 4. The lowest BCUT2D eigenvalue weighted by Gasteiger charge is -2.15. The van der Waals surface area contributed by atoms with E-state index in [0.717, 1.165) is 10.5 Å². The molecule has 2 rings (SSSR count). The summed E-state index contributed by atoms with van der Waals surface area (Å²) in [4.78, 5) is 26.4. The highest BCUT2D eigenvalue weighted by atomic mass is 32.2. The fourth-order valence-corrected chi connectivity index (χ4v) is 2.10. The van der Waals surface area contributed by atoms with Crippen LogP contribution < -0.4 is 5.32 Å². The predicted molar refractivity (Wildman–Crippen MR) is 59.5 cm³/mol. The molecule has 6 heteroatoms. The van der Waals surface area contributed by atoms with Crippen LogP contribution in [0.3, 0.4) is 0 Å². The molecule has 2 N–H and O–H groups in total. The topological polar surface area (TPSA) is 79.3 Å². The van der Waals surface area contributed by atoms with Crippen LogP contribution in [0.25, 0.3) is 0 Å². The van der Waals surface area contributed by atoms with E-state index in [9.17, 15) is 9.59 Å². The molecule has 1 aliphatic rings. The number of pyridine rings is 1. The lowest BCUT2D eigenvalue weighted by Crippen LogP contribution is -2.20. The molecule has 0 atom stereocenters. The van der Waals surface area contributed by atoms with Gasteiger partial charge in [-0.15, -0.1) is 11.8 Å². The molecule has 0 fully saturated rings. The van der Waals surface area contributed by atoms with Crippen LogP contribution in [0.15, 0.2) is 17.2 Å². The normalized spacial score (nSPS) is 14.1. The van der Waals surface area contributed by atoms with E-state index < -0.39 is 5.97 Å². The zero-order valence-electron chi connectivity index (χ0n) is 8.40. The molecule has 5 nitrogen and oxygen atoms in total. The fourth-order valence-electron chi connectivity index (χ4n) is 1.46. The minimum atomic E-state index is -0.851. The summed E-state index contributed by atoms with van der Waals surface area (Å²) in [5.41, 5.74) is 0.968. The van der Waals surface area contributed by atoms with E-state index in [1.165, 1.54) is 11.8 Å². The van der Waals surface area contributed by atoms with Gasteiger partial charge in [0.15, 0.2) is 0 Å². The van der Waals surface area contributed by atoms with Crippen LogP contribution in [-0.4, -0.2) is 27.7 Å². The van der Waals surface area contributed by atoms with Crippen molar-refractivity contribution in [1.29, 1.82) is 0 Å². The minimum Gasteiger partial charge on any atom is -0.481 e. The Morgan fingerprint density at radius 2 is 2.38 bits per heavy atom. The van der Waals surface area contributed by atoms with Crippen molar-refractivity contribution in [1.82, 2.24) is 4.98 Å². The second-order valence-electron chi connectivity index (χ2n) is 3.41. The Labute approximate surface area is 96.3 Å². The molecular formula is C10H10N2O3S. The number of anilines is 1. The quantitative estimate of drug-likeness (QED) is 0.772. The Balaban J connectivity index is 2.13. The number of carbonyl (C=O) groups excluding carboxylic acids is 1. The molecule has 1 amide bonds. The van der Waals surface area contributed by atoms with Gasteiger partial charge in [0, 0.05) is 17.5 Å². The number of thioether (sulfide) groups is 1. The molecule has 0 bridgehead atoms. The Morgan fingerprint density at radius 1 is 1.56 bits per heavy atom. The molecule has 16 heavy (non-hydrogen) atoms. The number of fused-ring (bicyclic) bond motifs is 1. The summed E-state index contributed by atoms with van der Waals surface area (Å²) in [7, 11) is 0. The second-order valence-corrected chi connectivity index (χ2v) is 4.46. The van der Waals surface area contributed by atoms with Crippen molar-refractivity contribution in [3.05, 3.63) is 17.8 Å². The van der Waals surface area contributed by atoms with Gasteiger partial charge in [0.2, 0.25) is 5.91 Å². The van der Waals surface area contributed by atoms with Gasteiger partial charge in [-0.3, -0.25) is 9.59 Å². The summed E-state index contributed by atoms with van der Waals surface area (Å²) in [6.07, 6.45) is 2.70. The van der Waals surface area contributed by atoms with E-state index >= 15 is 0 Å². The van der Waals surface area contributed by atoms with Gasteiger partial charge in [0.25, 0.3) is 0 Å². The number of aromatic nitrogens is 1. The number of aryl methyl sites for hydroxylation is 1. The lowest BCUT2D eigenvalue weighted by molar-refractivity contribution is -0.133. The van der Waals surface area contributed by atoms with Crippen LogP contribution in [0.1, 0.15) is 12.0 Å². The molecule has 0 aromatic carbocycles. The molecule has 1 aromatic rings. The average Bonchev–Trinajstić information content (AvgIpc) is 2.26. The highest BCUT2D eigenvalue weighted by Gasteiger charge is 2.16. The van der Waals surface area contributed by atoms with Gasteiger partial charge in [-0.2, -0.15) is 0 Å². The fraction of sp³-hybridized carbons (Fsp3) is 0.300. The van der Waals surface area contributed by atoms with Gasteiger partial charge >= 0.3 is 5.97 Å². The van der Waals surface area contributed by atoms with Crippen LogP contribution in [0.4, 0.5) is 5.82 Å². The van der Waals surface area contributed by atoms with E-state index in [1.807, 2.05) is 6.07 Å². The maximum Gasteiger partial charge on any atom is 0.313 e. The molecule has 84 valence electrons. The lowest BCUT2D eigenvalue weighted by atomic mass is 10.1. The molecule has 1 aromatic heterocycles. The summed E-state index contributed by atoms with van der Waals surface area (Å²) >= 11 is 1.23. The van der Waals surface area contributed by atoms with Crippen molar-refractivity contribution in [2.75, 3.05) is 11.1 Å². The Bertz CT molecular complexity index is 448. The second kappa shape index (κ2) is 4.52. The minimum absolute atomic E-state index is 0.0207. The van der Waals surface area contributed by atoms with Gasteiger partial charge in [0.1, 0.15) is 5.82 Å². The van der Waals surface area contributed by atoms with E-state index in [2.05, 4.69) is 10.3 Å². The largest absolute Gasteiger partial charge is 0.481 e. The number of nitrogens with zero attached hydrogens (tertiary/aromatic N) is 1. The molecule has 0 spiro atoms. The monoisotopic (exact) mass is 238 g/mol. The highest BCUT2D eigenvalue weighted by molar-refractivity contribution is 8.00. The third-order valence-corrected chi connectivity index (χ3v) is 3.13. The third-order valence-electron chi connectivity index (χ3n) is 2.18. The first-order valence-electron chi connectivity index (χ1n) is 4.78. The van der Waals surface area contributed by atoms with Crippen molar-refractivity contribution < 1.29 is 14.7 Å². The Kier molecular flexibility index (Phi) is 3.09. The summed E-state index contributed by atoms with van der Waals surface area (Å²) < 4.78 is 0. The number of nitrogens with one attached hydrogen (secondary N) is 1. The summed E-state index contributed by atoms with van der Waals surface area (Å²) in [6, 6.07) is 1.88. The van der Waals surface area contributed by atoms with E-state index in [0.29, 0.717) is 18.7 Å². The molecular weight excluding hydrogens is 228 g/mol. The van der Waals surface area contributed by atoms with Gasteiger partial charge in [-0.1, -0.05) is 0 Å². The van der Waals surface area contributed by atoms with Crippen LogP contribution in [0.5, 0.6) is 0 Å². The van der Waals surface area contributed by atoms with E-state index in [4.69, 9.17) is 5.11 Å². The first-order chi connectivity index (χ1) is 7.65. The first kappa shape index (κ1) is 10.9. The van der Waals surface area contributed by atoms with Gasteiger partial charge in [-0.05, 0) is 18.1 Å². The molecule has 1 aliphatic heterocycles. The molecule has 0 saturated carbocycles. The number of rotatable bonds is 3. The van der Waals surface area contributed by atoms with Gasteiger partial charge in [0.05, 0.1) is 5.75 Å². The zero-order valence-corrected chi connectivity index (χ0v) is 9.21. The molecule has 0 saturated heterocycles. The van der Waals surface area contributed by atoms with E-state index in [-0.39, 0.29) is 11.7 Å². The van der Waals surface area contributed by atoms with Crippen LogP contribution in [-0.2, 0) is 16.0 Å². The Hall–Kier alpha value is -1.56. The highest BCUT2D eigenvalue weighted by Crippen LogP contribution is 2.25.